The predicted molar refractivity (Wildman–Crippen MR) is 110 cm³/mol. The number of carbonyl (C=O) groups excluding carboxylic acids is 1. The van der Waals surface area contributed by atoms with Gasteiger partial charge in [-0.2, -0.15) is 0 Å². The molecule has 2 rings (SSSR count). The highest BCUT2D eigenvalue weighted by Crippen LogP contribution is 2.18. The summed E-state index contributed by atoms with van der Waals surface area (Å²) in [5.74, 6) is 0.597. The molecule has 0 saturated carbocycles. The van der Waals surface area contributed by atoms with Gasteiger partial charge >= 0.3 is 5.97 Å². The topological polar surface area (TPSA) is 35.5 Å². The molecule has 0 aliphatic rings. The SMILES string of the molecule is CCC(CCCCCc1cccc(OCCc2ccc(F)cc2)c1)C(=O)OC. The fourth-order valence-corrected chi connectivity index (χ4v) is 3.28. The van der Waals surface area contributed by atoms with Gasteiger partial charge in [-0.3, -0.25) is 4.79 Å². The molecular weight excluding hydrogens is 355 g/mol. The van der Waals surface area contributed by atoms with Gasteiger partial charge in [-0.25, -0.2) is 4.39 Å². The van der Waals surface area contributed by atoms with Gasteiger partial charge < -0.3 is 9.47 Å². The lowest BCUT2D eigenvalue weighted by atomic mass is 9.97. The number of aryl methyl sites for hydroxylation is 1. The van der Waals surface area contributed by atoms with Crippen molar-refractivity contribution in [1.29, 1.82) is 0 Å². The third kappa shape index (κ3) is 7.71. The second-order valence-corrected chi connectivity index (χ2v) is 7.10. The standard InChI is InChI=1S/C24H31FO3/c1-3-21(24(26)27-2)10-6-4-5-8-20-9-7-11-23(18-20)28-17-16-19-12-14-22(25)15-13-19/h7,9,11-15,18,21H,3-6,8,10,16-17H2,1-2H3. The Morgan fingerprint density at radius 1 is 1.00 bits per heavy atom. The van der Waals surface area contributed by atoms with E-state index in [9.17, 15) is 9.18 Å². The van der Waals surface area contributed by atoms with Crippen LogP contribution in [0.15, 0.2) is 48.5 Å². The van der Waals surface area contributed by atoms with Crippen molar-refractivity contribution in [3.05, 3.63) is 65.5 Å². The molecule has 0 N–H and O–H groups in total. The molecule has 152 valence electrons. The summed E-state index contributed by atoms with van der Waals surface area (Å²) in [6.45, 7) is 2.60. The highest BCUT2D eigenvalue weighted by Gasteiger charge is 2.15. The number of benzene rings is 2. The summed E-state index contributed by atoms with van der Waals surface area (Å²) >= 11 is 0. The van der Waals surface area contributed by atoms with Crippen LogP contribution in [0.4, 0.5) is 4.39 Å². The van der Waals surface area contributed by atoms with Gasteiger partial charge in [-0.05, 0) is 61.1 Å². The number of rotatable bonds is 12. The molecule has 0 spiro atoms. The summed E-state index contributed by atoms with van der Waals surface area (Å²) in [5, 5.41) is 0. The molecule has 0 aliphatic heterocycles. The van der Waals surface area contributed by atoms with Crippen LogP contribution in [-0.2, 0) is 22.4 Å². The molecule has 0 saturated heterocycles. The summed E-state index contributed by atoms with van der Waals surface area (Å²) in [5.41, 5.74) is 2.33. The van der Waals surface area contributed by atoms with Crippen LogP contribution in [0.1, 0.15) is 50.2 Å². The van der Waals surface area contributed by atoms with Crippen LogP contribution in [0.3, 0.4) is 0 Å². The van der Waals surface area contributed by atoms with E-state index < -0.39 is 0 Å². The second-order valence-electron chi connectivity index (χ2n) is 7.10. The molecule has 0 fully saturated rings. The van der Waals surface area contributed by atoms with E-state index >= 15 is 0 Å². The lowest BCUT2D eigenvalue weighted by Crippen LogP contribution is -2.15. The highest BCUT2D eigenvalue weighted by molar-refractivity contribution is 5.72. The third-order valence-corrected chi connectivity index (χ3v) is 5.02. The van der Waals surface area contributed by atoms with Crippen LogP contribution in [0.25, 0.3) is 0 Å². The van der Waals surface area contributed by atoms with E-state index in [0.29, 0.717) is 6.61 Å². The molecule has 4 heteroatoms. The van der Waals surface area contributed by atoms with E-state index in [4.69, 9.17) is 9.47 Å². The summed E-state index contributed by atoms with van der Waals surface area (Å²) < 4.78 is 23.6. The van der Waals surface area contributed by atoms with Crippen molar-refractivity contribution in [3.63, 3.8) is 0 Å². The highest BCUT2D eigenvalue weighted by atomic mass is 19.1. The second kappa shape index (κ2) is 12.2. The van der Waals surface area contributed by atoms with Crippen LogP contribution < -0.4 is 4.74 Å². The minimum absolute atomic E-state index is 0.0304. The largest absolute Gasteiger partial charge is 0.493 e. The molecule has 0 radical (unpaired) electrons. The third-order valence-electron chi connectivity index (χ3n) is 5.02. The molecular formula is C24H31FO3. The number of hydrogen-bond donors (Lipinski definition) is 0. The fourth-order valence-electron chi connectivity index (χ4n) is 3.28. The van der Waals surface area contributed by atoms with E-state index in [1.165, 1.54) is 24.8 Å². The van der Waals surface area contributed by atoms with Crippen molar-refractivity contribution in [2.45, 2.75) is 51.9 Å². The first-order valence-electron chi connectivity index (χ1n) is 10.2. The monoisotopic (exact) mass is 386 g/mol. The van der Waals surface area contributed by atoms with E-state index in [-0.39, 0.29) is 17.7 Å². The van der Waals surface area contributed by atoms with E-state index in [1.807, 2.05) is 19.1 Å². The molecule has 0 bridgehead atoms. The molecule has 0 aliphatic carbocycles. The zero-order valence-electron chi connectivity index (χ0n) is 17.0. The summed E-state index contributed by atoms with van der Waals surface area (Å²) in [7, 11) is 1.46. The Morgan fingerprint density at radius 2 is 1.79 bits per heavy atom. The molecule has 1 unspecified atom stereocenters. The number of carbonyl (C=O) groups is 1. The summed E-state index contributed by atoms with van der Waals surface area (Å²) in [6.07, 6.45) is 6.73. The van der Waals surface area contributed by atoms with E-state index in [0.717, 1.165) is 56.3 Å². The van der Waals surface area contributed by atoms with Crippen molar-refractivity contribution in [3.8, 4) is 5.75 Å². The van der Waals surface area contributed by atoms with Gasteiger partial charge in [-0.1, -0.05) is 44.0 Å². The van der Waals surface area contributed by atoms with Crippen molar-refractivity contribution in [2.75, 3.05) is 13.7 Å². The maximum Gasteiger partial charge on any atom is 0.308 e. The van der Waals surface area contributed by atoms with Gasteiger partial charge in [0.15, 0.2) is 0 Å². The lowest BCUT2D eigenvalue weighted by molar-refractivity contribution is -0.145. The summed E-state index contributed by atoms with van der Waals surface area (Å²) in [6, 6.07) is 14.7. The average Bonchev–Trinajstić information content (AvgIpc) is 2.72. The number of unbranched alkanes of at least 4 members (excludes halogenated alkanes) is 2. The van der Waals surface area contributed by atoms with E-state index in [2.05, 4.69) is 12.1 Å². The zero-order chi connectivity index (χ0) is 20.2. The number of halogens is 1. The summed E-state index contributed by atoms with van der Waals surface area (Å²) in [4.78, 5) is 11.6. The van der Waals surface area contributed by atoms with Crippen LogP contribution in [0.2, 0.25) is 0 Å². The molecule has 3 nitrogen and oxygen atoms in total. The minimum atomic E-state index is -0.215. The molecule has 1 atom stereocenters. The van der Waals surface area contributed by atoms with Crippen LogP contribution >= 0.6 is 0 Å². The number of methoxy groups -OCH3 is 1. The van der Waals surface area contributed by atoms with Gasteiger partial charge in [0.1, 0.15) is 11.6 Å². The maximum atomic E-state index is 12.9. The number of esters is 1. The van der Waals surface area contributed by atoms with Gasteiger partial charge in [-0.15, -0.1) is 0 Å². The van der Waals surface area contributed by atoms with Crippen molar-refractivity contribution >= 4 is 5.97 Å². The average molecular weight is 387 g/mol. The van der Waals surface area contributed by atoms with Gasteiger partial charge in [0, 0.05) is 6.42 Å². The number of ether oxygens (including phenoxy) is 2. The first-order valence-corrected chi connectivity index (χ1v) is 10.2. The Hall–Kier alpha value is -2.36. The van der Waals surface area contributed by atoms with Crippen molar-refractivity contribution in [2.24, 2.45) is 5.92 Å². The van der Waals surface area contributed by atoms with Gasteiger partial charge in [0.2, 0.25) is 0 Å². The molecule has 0 heterocycles. The number of hydrogen-bond acceptors (Lipinski definition) is 3. The minimum Gasteiger partial charge on any atom is -0.493 e. The molecule has 2 aromatic carbocycles. The Bertz CT molecular complexity index is 712. The van der Waals surface area contributed by atoms with Crippen LogP contribution in [-0.4, -0.2) is 19.7 Å². The molecule has 2 aromatic rings. The molecule has 28 heavy (non-hydrogen) atoms. The normalized spacial score (nSPS) is 11.8. The van der Waals surface area contributed by atoms with Crippen LogP contribution in [0, 0.1) is 11.7 Å². The maximum absolute atomic E-state index is 12.9. The Balaban J connectivity index is 1.68. The predicted octanol–water partition coefficient (Wildman–Crippen LogP) is 5.75. The van der Waals surface area contributed by atoms with E-state index in [1.54, 1.807) is 12.1 Å². The first-order chi connectivity index (χ1) is 13.6. The van der Waals surface area contributed by atoms with Crippen molar-refractivity contribution < 1.29 is 18.7 Å². The van der Waals surface area contributed by atoms with Crippen molar-refractivity contribution in [1.82, 2.24) is 0 Å². The Labute approximate surface area is 167 Å². The fraction of sp³-hybridized carbons (Fsp3) is 0.458. The Morgan fingerprint density at radius 3 is 2.50 bits per heavy atom. The quantitative estimate of drug-likeness (QED) is 0.344. The van der Waals surface area contributed by atoms with Gasteiger partial charge in [0.25, 0.3) is 0 Å². The lowest BCUT2D eigenvalue weighted by Gasteiger charge is -2.12. The smallest absolute Gasteiger partial charge is 0.308 e. The van der Waals surface area contributed by atoms with Crippen LogP contribution in [0.5, 0.6) is 5.75 Å². The van der Waals surface area contributed by atoms with Gasteiger partial charge in [0.05, 0.1) is 19.6 Å². The Kier molecular flexibility index (Phi) is 9.53. The molecule has 0 aromatic heterocycles. The first kappa shape index (κ1) is 21.9. The zero-order valence-corrected chi connectivity index (χ0v) is 17.0. The molecule has 0 amide bonds.